The van der Waals surface area contributed by atoms with Gasteiger partial charge in [-0.2, -0.15) is 0 Å². The molecule has 2 aliphatic rings. The number of ether oxygens (including phenoxy) is 2. The fourth-order valence-electron chi connectivity index (χ4n) is 5.81. The van der Waals surface area contributed by atoms with E-state index >= 15 is 0 Å². The largest absolute Gasteiger partial charge is 0.459 e. The molecule has 0 radical (unpaired) electrons. The minimum absolute atomic E-state index is 0.0300. The van der Waals surface area contributed by atoms with Crippen molar-refractivity contribution in [1.29, 1.82) is 0 Å². The van der Waals surface area contributed by atoms with Crippen LogP contribution in [0.25, 0.3) is 0 Å². The summed E-state index contributed by atoms with van der Waals surface area (Å²) in [6.45, 7) is 5.16. The molecule has 0 amide bonds. The summed E-state index contributed by atoms with van der Waals surface area (Å²) in [5, 5.41) is 0. The molecule has 2 fully saturated rings. The lowest BCUT2D eigenvalue weighted by molar-refractivity contribution is -0.0163. The molecule has 1 unspecified atom stereocenters. The maximum Gasteiger partial charge on any atom is 0.338 e. The quantitative estimate of drug-likeness (QED) is 0.389. The molecule has 2 aliphatic carbocycles. The first-order valence-corrected chi connectivity index (χ1v) is 13.1. The van der Waals surface area contributed by atoms with Crippen LogP contribution in [0.5, 0.6) is 0 Å². The summed E-state index contributed by atoms with van der Waals surface area (Å²) in [5.41, 5.74) is 3.51. The SMILES string of the molecule is CCOC1CCC(OC(=O)c2ccc(C3CCC(CC(C)c4ccccc4)CC3)cc2)CC1. The number of benzene rings is 2. The first-order chi connectivity index (χ1) is 16.1. The predicted molar refractivity (Wildman–Crippen MR) is 134 cm³/mol. The van der Waals surface area contributed by atoms with Gasteiger partial charge in [-0.05, 0) is 106 Å². The molecule has 0 bridgehead atoms. The average Bonchev–Trinajstić information content (AvgIpc) is 2.86. The van der Waals surface area contributed by atoms with E-state index in [9.17, 15) is 4.79 Å². The fraction of sp³-hybridized carbons (Fsp3) is 0.567. The Morgan fingerprint density at radius 1 is 0.848 bits per heavy atom. The number of esters is 1. The number of hydrogen-bond donors (Lipinski definition) is 0. The van der Waals surface area contributed by atoms with E-state index in [4.69, 9.17) is 9.47 Å². The van der Waals surface area contributed by atoms with Crippen molar-refractivity contribution in [2.24, 2.45) is 5.92 Å². The van der Waals surface area contributed by atoms with Crippen molar-refractivity contribution in [3.63, 3.8) is 0 Å². The van der Waals surface area contributed by atoms with Crippen LogP contribution in [0, 0.1) is 5.92 Å². The Kier molecular flexibility index (Phi) is 8.61. The summed E-state index contributed by atoms with van der Waals surface area (Å²) in [4.78, 5) is 12.6. The molecule has 3 nitrogen and oxygen atoms in total. The Morgan fingerprint density at radius 2 is 1.48 bits per heavy atom. The monoisotopic (exact) mass is 448 g/mol. The minimum atomic E-state index is -0.181. The highest BCUT2D eigenvalue weighted by atomic mass is 16.5. The summed E-state index contributed by atoms with van der Waals surface area (Å²) in [6.07, 6.45) is 10.5. The molecule has 178 valence electrons. The van der Waals surface area contributed by atoms with Crippen LogP contribution >= 0.6 is 0 Å². The molecule has 4 rings (SSSR count). The van der Waals surface area contributed by atoms with E-state index in [-0.39, 0.29) is 12.1 Å². The molecule has 0 saturated heterocycles. The summed E-state index contributed by atoms with van der Waals surface area (Å²) in [6, 6.07) is 19.1. The smallest absolute Gasteiger partial charge is 0.338 e. The molecular weight excluding hydrogens is 408 g/mol. The molecule has 2 aromatic rings. The second kappa shape index (κ2) is 11.8. The summed E-state index contributed by atoms with van der Waals surface area (Å²) in [7, 11) is 0. The molecular formula is C30H40O3. The normalized spacial score (nSPS) is 26.5. The number of carbonyl (C=O) groups excluding carboxylic acids is 1. The zero-order valence-corrected chi connectivity index (χ0v) is 20.4. The standard InChI is InChI=1S/C30H40O3/c1-3-32-28-17-19-29(20-18-28)33-30(31)27-15-13-26(14-16-27)25-11-9-23(10-12-25)21-22(2)24-7-5-4-6-8-24/h4-8,13-16,22-23,25,28-29H,3,9-12,17-21H2,1-2H3. The van der Waals surface area contributed by atoms with Gasteiger partial charge in [0.1, 0.15) is 6.10 Å². The minimum Gasteiger partial charge on any atom is -0.459 e. The summed E-state index contributed by atoms with van der Waals surface area (Å²) >= 11 is 0. The van der Waals surface area contributed by atoms with Gasteiger partial charge in [0, 0.05) is 6.61 Å². The summed E-state index contributed by atoms with van der Waals surface area (Å²) < 4.78 is 11.5. The maximum absolute atomic E-state index is 12.6. The van der Waals surface area contributed by atoms with Gasteiger partial charge in [-0.15, -0.1) is 0 Å². The van der Waals surface area contributed by atoms with Crippen molar-refractivity contribution >= 4 is 5.97 Å². The van der Waals surface area contributed by atoms with Crippen LogP contribution in [0.4, 0.5) is 0 Å². The first-order valence-electron chi connectivity index (χ1n) is 13.1. The van der Waals surface area contributed by atoms with Crippen LogP contribution < -0.4 is 0 Å². The lowest BCUT2D eigenvalue weighted by Gasteiger charge is -2.30. The lowest BCUT2D eigenvalue weighted by atomic mass is 9.75. The van der Waals surface area contributed by atoms with Gasteiger partial charge >= 0.3 is 5.97 Å². The topological polar surface area (TPSA) is 35.5 Å². The average molecular weight is 449 g/mol. The molecule has 2 aromatic carbocycles. The van der Waals surface area contributed by atoms with Crippen molar-refractivity contribution in [3.05, 3.63) is 71.3 Å². The third-order valence-electron chi connectivity index (χ3n) is 7.82. The summed E-state index contributed by atoms with van der Waals surface area (Å²) in [5.74, 6) is 1.89. The molecule has 3 heteroatoms. The van der Waals surface area contributed by atoms with E-state index in [1.165, 1.54) is 43.2 Å². The van der Waals surface area contributed by atoms with Crippen molar-refractivity contribution in [2.45, 2.75) is 95.7 Å². The fourth-order valence-corrected chi connectivity index (χ4v) is 5.81. The third-order valence-corrected chi connectivity index (χ3v) is 7.82. The van der Waals surface area contributed by atoms with E-state index in [1.54, 1.807) is 0 Å². The molecule has 1 atom stereocenters. The Balaban J connectivity index is 1.22. The zero-order chi connectivity index (χ0) is 23.0. The Bertz CT molecular complexity index is 844. The lowest BCUT2D eigenvalue weighted by Crippen LogP contribution is -2.28. The van der Waals surface area contributed by atoms with Gasteiger partial charge in [0.25, 0.3) is 0 Å². The van der Waals surface area contributed by atoms with Crippen molar-refractivity contribution in [2.75, 3.05) is 6.61 Å². The highest BCUT2D eigenvalue weighted by molar-refractivity contribution is 5.89. The van der Waals surface area contributed by atoms with Gasteiger partial charge < -0.3 is 9.47 Å². The number of rotatable bonds is 8. The van der Waals surface area contributed by atoms with Crippen LogP contribution in [0.15, 0.2) is 54.6 Å². The van der Waals surface area contributed by atoms with E-state index in [0.29, 0.717) is 23.5 Å². The first kappa shape index (κ1) is 24.0. The molecule has 0 aromatic heterocycles. The Morgan fingerprint density at radius 3 is 2.12 bits per heavy atom. The predicted octanol–water partition coefficient (Wildman–Crippen LogP) is 7.66. The highest BCUT2D eigenvalue weighted by Crippen LogP contribution is 2.39. The molecule has 2 saturated carbocycles. The second-order valence-electron chi connectivity index (χ2n) is 10.1. The van der Waals surface area contributed by atoms with E-state index in [0.717, 1.165) is 38.2 Å². The second-order valence-corrected chi connectivity index (χ2v) is 10.1. The van der Waals surface area contributed by atoms with Gasteiger partial charge in [-0.3, -0.25) is 0 Å². The van der Waals surface area contributed by atoms with E-state index in [1.807, 2.05) is 19.1 Å². The molecule has 0 aliphatic heterocycles. The number of carbonyl (C=O) groups is 1. The van der Waals surface area contributed by atoms with Gasteiger partial charge in [-0.25, -0.2) is 4.79 Å². The van der Waals surface area contributed by atoms with Gasteiger partial charge in [0.2, 0.25) is 0 Å². The number of hydrogen-bond acceptors (Lipinski definition) is 3. The Hall–Kier alpha value is -2.13. The van der Waals surface area contributed by atoms with Crippen molar-refractivity contribution in [1.82, 2.24) is 0 Å². The van der Waals surface area contributed by atoms with E-state index < -0.39 is 0 Å². The van der Waals surface area contributed by atoms with Gasteiger partial charge in [0.15, 0.2) is 0 Å². The van der Waals surface area contributed by atoms with Crippen LogP contribution in [0.3, 0.4) is 0 Å². The molecule has 33 heavy (non-hydrogen) atoms. The molecule has 0 heterocycles. The molecule has 0 spiro atoms. The van der Waals surface area contributed by atoms with Crippen LogP contribution in [0.1, 0.15) is 105 Å². The zero-order valence-electron chi connectivity index (χ0n) is 20.4. The highest BCUT2D eigenvalue weighted by Gasteiger charge is 2.26. The van der Waals surface area contributed by atoms with Crippen LogP contribution in [0.2, 0.25) is 0 Å². The van der Waals surface area contributed by atoms with Crippen LogP contribution in [-0.2, 0) is 9.47 Å². The van der Waals surface area contributed by atoms with Crippen molar-refractivity contribution < 1.29 is 14.3 Å². The van der Waals surface area contributed by atoms with Gasteiger partial charge in [-0.1, -0.05) is 49.4 Å². The molecule has 0 N–H and O–H groups in total. The van der Waals surface area contributed by atoms with Crippen LogP contribution in [-0.4, -0.2) is 24.8 Å². The van der Waals surface area contributed by atoms with Gasteiger partial charge in [0.05, 0.1) is 11.7 Å². The Labute approximate surface area is 199 Å². The third kappa shape index (κ3) is 6.69. The van der Waals surface area contributed by atoms with Crippen molar-refractivity contribution in [3.8, 4) is 0 Å². The maximum atomic E-state index is 12.6. The van der Waals surface area contributed by atoms with E-state index in [2.05, 4.69) is 49.4 Å².